The second-order valence-electron chi connectivity index (χ2n) is 5.23. The third kappa shape index (κ3) is 5.20. The number of hydrogen-bond acceptors (Lipinski definition) is 4. The van der Waals surface area contributed by atoms with E-state index in [1.807, 2.05) is 0 Å². The highest BCUT2D eigenvalue weighted by atomic mass is 35.5. The normalized spacial score (nSPS) is 20.8. The van der Waals surface area contributed by atoms with Crippen LogP contribution in [0.15, 0.2) is 0 Å². The molecular formula is C12H26ClN3O3S. The van der Waals surface area contributed by atoms with E-state index >= 15 is 0 Å². The summed E-state index contributed by atoms with van der Waals surface area (Å²) in [6.45, 7) is 6.21. The molecule has 2 unspecified atom stereocenters. The number of hydrogen-bond donors (Lipinski definition) is 2. The SMILES string of the molecule is CCS(=O)(=O)N1CCC(NC(=O)C(C)C(C)N)CC1.Cl. The van der Waals surface area contributed by atoms with Gasteiger partial charge in [0.05, 0.1) is 5.75 Å². The van der Waals surface area contributed by atoms with Crippen molar-refractivity contribution in [1.29, 1.82) is 0 Å². The fourth-order valence-corrected chi connectivity index (χ4v) is 3.16. The lowest BCUT2D eigenvalue weighted by atomic mass is 10.0. The Balaban J connectivity index is 0.00000361. The van der Waals surface area contributed by atoms with Gasteiger partial charge in [0, 0.05) is 31.1 Å². The monoisotopic (exact) mass is 327 g/mol. The first kappa shape index (κ1) is 19.6. The molecule has 0 radical (unpaired) electrons. The summed E-state index contributed by atoms with van der Waals surface area (Å²) >= 11 is 0. The van der Waals surface area contributed by atoms with Gasteiger partial charge in [-0.1, -0.05) is 6.92 Å². The molecule has 0 aromatic carbocycles. The van der Waals surface area contributed by atoms with Crippen LogP contribution in [-0.4, -0.2) is 49.6 Å². The minimum atomic E-state index is -3.10. The Labute approximate surface area is 127 Å². The van der Waals surface area contributed by atoms with Crippen molar-refractivity contribution in [3.05, 3.63) is 0 Å². The molecule has 3 N–H and O–H groups in total. The topological polar surface area (TPSA) is 92.5 Å². The zero-order valence-corrected chi connectivity index (χ0v) is 14.0. The van der Waals surface area contributed by atoms with Crippen LogP contribution >= 0.6 is 12.4 Å². The van der Waals surface area contributed by atoms with Crippen LogP contribution in [-0.2, 0) is 14.8 Å². The number of carbonyl (C=O) groups excluding carboxylic acids is 1. The number of nitrogens with one attached hydrogen (secondary N) is 1. The first-order valence-corrected chi connectivity index (χ1v) is 8.42. The van der Waals surface area contributed by atoms with Gasteiger partial charge in [-0.25, -0.2) is 12.7 Å². The number of carbonyl (C=O) groups is 1. The summed E-state index contributed by atoms with van der Waals surface area (Å²) in [5, 5.41) is 2.95. The average Bonchev–Trinajstić information content (AvgIpc) is 2.38. The summed E-state index contributed by atoms with van der Waals surface area (Å²) in [5.41, 5.74) is 5.69. The number of nitrogens with zero attached hydrogens (tertiary/aromatic N) is 1. The summed E-state index contributed by atoms with van der Waals surface area (Å²) in [7, 11) is -3.10. The first-order chi connectivity index (χ1) is 8.77. The van der Waals surface area contributed by atoms with Gasteiger partial charge < -0.3 is 11.1 Å². The standard InChI is InChI=1S/C12H25N3O3S.ClH/c1-4-19(17,18)15-7-5-11(6-8-15)14-12(16)9(2)10(3)13;/h9-11H,4-8,13H2,1-3H3,(H,14,16);1H. The van der Waals surface area contributed by atoms with Crippen molar-refractivity contribution in [3.8, 4) is 0 Å². The second-order valence-corrected chi connectivity index (χ2v) is 7.49. The molecule has 120 valence electrons. The number of piperidine rings is 1. The highest BCUT2D eigenvalue weighted by Gasteiger charge is 2.28. The minimum absolute atomic E-state index is 0. The lowest BCUT2D eigenvalue weighted by Crippen LogP contribution is -2.49. The van der Waals surface area contributed by atoms with E-state index in [0.29, 0.717) is 25.9 Å². The Kier molecular flexibility index (Phi) is 8.01. The molecule has 1 heterocycles. The average molecular weight is 328 g/mol. The highest BCUT2D eigenvalue weighted by Crippen LogP contribution is 2.15. The molecule has 1 fully saturated rings. The van der Waals surface area contributed by atoms with E-state index in [1.54, 1.807) is 20.8 Å². The van der Waals surface area contributed by atoms with Gasteiger partial charge in [0.25, 0.3) is 0 Å². The molecule has 0 aliphatic carbocycles. The summed E-state index contributed by atoms with van der Waals surface area (Å²) < 4.78 is 24.9. The molecule has 1 amide bonds. The van der Waals surface area contributed by atoms with Crippen molar-refractivity contribution >= 4 is 28.3 Å². The first-order valence-electron chi connectivity index (χ1n) is 6.81. The zero-order chi connectivity index (χ0) is 14.6. The van der Waals surface area contributed by atoms with Gasteiger partial charge in [-0.2, -0.15) is 0 Å². The Morgan fingerprint density at radius 3 is 2.25 bits per heavy atom. The van der Waals surface area contributed by atoms with Crippen molar-refractivity contribution < 1.29 is 13.2 Å². The maximum atomic E-state index is 11.9. The van der Waals surface area contributed by atoms with Gasteiger partial charge in [-0.05, 0) is 26.7 Å². The fraction of sp³-hybridized carbons (Fsp3) is 0.917. The Morgan fingerprint density at radius 1 is 1.35 bits per heavy atom. The largest absolute Gasteiger partial charge is 0.353 e. The fourth-order valence-electron chi connectivity index (χ4n) is 2.03. The predicted octanol–water partition coefficient (Wildman–Crippen LogP) is 0.322. The van der Waals surface area contributed by atoms with Gasteiger partial charge in [0.2, 0.25) is 15.9 Å². The molecule has 0 bridgehead atoms. The van der Waals surface area contributed by atoms with Crippen LogP contribution in [0.3, 0.4) is 0 Å². The second kappa shape index (κ2) is 8.17. The van der Waals surface area contributed by atoms with E-state index in [0.717, 1.165) is 0 Å². The van der Waals surface area contributed by atoms with Crippen molar-refractivity contribution in [3.63, 3.8) is 0 Å². The quantitative estimate of drug-likeness (QED) is 0.760. The molecule has 6 nitrogen and oxygen atoms in total. The number of nitrogens with two attached hydrogens (primary N) is 1. The Hall–Kier alpha value is -0.370. The summed E-state index contributed by atoms with van der Waals surface area (Å²) in [6, 6.07) is -0.127. The molecule has 0 spiro atoms. The molecule has 0 aromatic heterocycles. The number of rotatable bonds is 5. The summed E-state index contributed by atoms with van der Waals surface area (Å²) in [6.07, 6.45) is 1.33. The number of halogens is 1. The lowest BCUT2D eigenvalue weighted by molar-refractivity contribution is -0.125. The molecule has 0 saturated carbocycles. The van der Waals surface area contributed by atoms with E-state index in [2.05, 4.69) is 5.32 Å². The molecule has 0 aromatic rings. The van der Waals surface area contributed by atoms with Crippen molar-refractivity contribution in [2.75, 3.05) is 18.8 Å². The zero-order valence-electron chi connectivity index (χ0n) is 12.3. The molecule has 20 heavy (non-hydrogen) atoms. The van der Waals surface area contributed by atoms with Crippen LogP contribution in [0.4, 0.5) is 0 Å². The lowest BCUT2D eigenvalue weighted by Gasteiger charge is -2.32. The summed E-state index contributed by atoms with van der Waals surface area (Å²) in [4.78, 5) is 11.9. The van der Waals surface area contributed by atoms with Crippen LogP contribution in [0.1, 0.15) is 33.6 Å². The molecule has 2 atom stereocenters. The predicted molar refractivity (Wildman–Crippen MR) is 82.3 cm³/mol. The van der Waals surface area contributed by atoms with Crippen LogP contribution < -0.4 is 11.1 Å². The smallest absolute Gasteiger partial charge is 0.224 e. The Morgan fingerprint density at radius 2 is 1.85 bits per heavy atom. The van der Waals surface area contributed by atoms with Crippen LogP contribution in [0.25, 0.3) is 0 Å². The third-order valence-corrected chi connectivity index (χ3v) is 5.64. The maximum Gasteiger partial charge on any atom is 0.224 e. The van der Waals surface area contributed by atoms with Crippen molar-refractivity contribution in [2.24, 2.45) is 11.7 Å². The molecule has 8 heteroatoms. The van der Waals surface area contributed by atoms with E-state index in [-0.39, 0.29) is 42.1 Å². The van der Waals surface area contributed by atoms with Crippen molar-refractivity contribution in [2.45, 2.75) is 45.7 Å². The molecule has 1 aliphatic heterocycles. The molecule has 1 aliphatic rings. The third-order valence-electron chi connectivity index (χ3n) is 3.76. The number of amides is 1. The van der Waals surface area contributed by atoms with E-state index in [9.17, 15) is 13.2 Å². The van der Waals surface area contributed by atoms with Crippen LogP contribution in [0.2, 0.25) is 0 Å². The molecular weight excluding hydrogens is 302 g/mol. The van der Waals surface area contributed by atoms with Gasteiger partial charge in [0.15, 0.2) is 0 Å². The van der Waals surface area contributed by atoms with E-state index in [1.165, 1.54) is 4.31 Å². The highest BCUT2D eigenvalue weighted by molar-refractivity contribution is 7.89. The van der Waals surface area contributed by atoms with Gasteiger partial charge in [-0.15, -0.1) is 12.4 Å². The maximum absolute atomic E-state index is 11.9. The van der Waals surface area contributed by atoms with Gasteiger partial charge in [0.1, 0.15) is 0 Å². The number of sulfonamides is 1. The Bertz CT molecular complexity index is 406. The van der Waals surface area contributed by atoms with Gasteiger partial charge >= 0.3 is 0 Å². The van der Waals surface area contributed by atoms with E-state index in [4.69, 9.17) is 5.73 Å². The van der Waals surface area contributed by atoms with Gasteiger partial charge in [-0.3, -0.25) is 4.79 Å². The minimum Gasteiger partial charge on any atom is -0.353 e. The van der Waals surface area contributed by atoms with Crippen LogP contribution in [0, 0.1) is 5.92 Å². The van der Waals surface area contributed by atoms with E-state index < -0.39 is 10.0 Å². The molecule has 1 saturated heterocycles. The summed E-state index contributed by atoms with van der Waals surface area (Å²) in [5.74, 6) is -0.143. The van der Waals surface area contributed by atoms with Crippen LogP contribution in [0.5, 0.6) is 0 Å². The van der Waals surface area contributed by atoms with Crippen molar-refractivity contribution in [1.82, 2.24) is 9.62 Å². The molecule has 1 rings (SSSR count).